The van der Waals surface area contributed by atoms with Crippen LogP contribution in [0.15, 0.2) is 24.3 Å². The van der Waals surface area contributed by atoms with Crippen molar-refractivity contribution in [3.8, 4) is 0 Å². The first-order valence-electron chi connectivity index (χ1n) is 6.74. The molecule has 0 aliphatic heterocycles. The van der Waals surface area contributed by atoms with Crippen LogP contribution in [0.4, 0.5) is 10.5 Å². The minimum absolute atomic E-state index is 0.0680. The Bertz CT molecular complexity index is 509. The van der Waals surface area contributed by atoms with E-state index in [0.717, 1.165) is 0 Å². The lowest BCUT2D eigenvalue weighted by molar-refractivity contribution is 0.0525. The molecule has 0 fully saturated rings. The van der Waals surface area contributed by atoms with Gasteiger partial charge in [0.05, 0.1) is 5.56 Å². The number of benzene rings is 1. The summed E-state index contributed by atoms with van der Waals surface area (Å²) < 4.78 is 5.13. The Labute approximate surface area is 124 Å². The Morgan fingerprint density at radius 3 is 2.57 bits per heavy atom. The lowest BCUT2D eigenvalue weighted by Gasteiger charge is -2.21. The molecule has 6 heteroatoms. The van der Waals surface area contributed by atoms with Gasteiger partial charge in [-0.2, -0.15) is 0 Å². The van der Waals surface area contributed by atoms with E-state index in [1.807, 2.05) is 6.92 Å². The number of aromatic carboxylic acids is 1. The fourth-order valence-corrected chi connectivity index (χ4v) is 1.63. The molecule has 0 spiro atoms. The summed E-state index contributed by atoms with van der Waals surface area (Å²) in [6, 6.07) is 6.45. The zero-order valence-corrected chi connectivity index (χ0v) is 12.8. The summed E-state index contributed by atoms with van der Waals surface area (Å²) in [6.45, 7) is 7.64. The van der Waals surface area contributed by atoms with Crippen LogP contribution in [-0.2, 0) is 4.74 Å². The molecule has 21 heavy (non-hydrogen) atoms. The molecular formula is C15H22N2O4. The van der Waals surface area contributed by atoms with E-state index >= 15 is 0 Å². The molecule has 0 radical (unpaired) electrons. The van der Waals surface area contributed by atoms with Gasteiger partial charge in [-0.3, -0.25) is 0 Å². The second-order valence-corrected chi connectivity index (χ2v) is 5.81. The number of alkyl carbamates (subject to hydrolysis) is 1. The van der Waals surface area contributed by atoms with Crippen LogP contribution in [0.2, 0.25) is 0 Å². The quantitative estimate of drug-likeness (QED) is 0.777. The van der Waals surface area contributed by atoms with Crippen LogP contribution in [0, 0.1) is 0 Å². The number of carbonyl (C=O) groups excluding carboxylic acids is 1. The largest absolute Gasteiger partial charge is 0.478 e. The van der Waals surface area contributed by atoms with Crippen molar-refractivity contribution >= 4 is 17.7 Å². The molecule has 0 aliphatic carbocycles. The number of carboxylic acid groups (broad SMARTS) is 1. The second-order valence-electron chi connectivity index (χ2n) is 5.81. The molecule has 1 aromatic carbocycles. The molecule has 0 aromatic heterocycles. The average molecular weight is 294 g/mol. The Balaban J connectivity index is 2.47. The minimum atomic E-state index is -0.974. The molecule has 1 aromatic rings. The Kier molecular flexibility index (Phi) is 5.58. The van der Waals surface area contributed by atoms with Gasteiger partial charge in [0.25, 0.3) is 0 Å². The maximum Gasteiger partial charge on any atom is 0.407 e. The monoisotopic (exact) mass is 294 g/mol. The van der Waals surface area contributed by atoms with Crippen molar-refractivity contribution in [2.45, 2.75) is 39.3 Å². The Morgan fingerprint density at radius 1 is 1.33 bits per heavy atom. The van der Waals surface area contributed by atoms with Crippen LogP contribution in [0.5, 0.6) is 0 Å². The molecule has 1 rings (SSSR count). The number of nitrogens with one attached hydrogen (secondary N) is 2. The molecule has 116 valence electrons. The summed E-state index contributed by atoms with van der Waals surface area (Å²) in [4.78, 5) is 22.4. The fourth-order valence-electron chi connectivity index (χ4n) is 1.63. The summed E-state index contributed by atoms with van der Waals surface area (Å²) in [5, 5.41) is 14.7. The fraction of sp³-hybridized carbons (Fsp3) is 0.467. The molecule has 0 bridgehead atoms. The summed E-state index contributed by atoms with van der Waals surface area (Å²) >= 11 is 0. The molecule has 0 heterocycles. The molecule has 1 amide bonds. The van der Waals surface area contributed by atoms with Gasteiger partial charge in [-0.25, -0.2) is 9.59 Å². The molecule has 0 aliphatic rings. The third-order valence-corrected chi connectivity index (χ3v) is 2.47. The van der Waals surface area contributed by atoms with Crippen molar-refractivity contribution in [3.63, 3.8) is 0 Å². The van der Waals surface area contributed by atoms with E-state index < -0.39 is 17.7 Å². The van der Waals surface area contributed by atoms with Gasteiger partial charge in [-0.15, -0.1) is 0 Å². The highest BCUT2D eigenvalue weighted by molar-refractivity contribution is 5.88. The zero-order valence-electron chi connectivity index (χ0n) is 12.8. The summed E-state index contributed by atoms with van der Waals surface area (Å²) in [5.41, 5.74) is 0.372. The molecule has 0 saturated carbocycles. The van der Waals surface area contributed by atoms with Crippen molar-refractivity contribution in [2.75, 3.05) is 11.9 Å². The number of hydrogen-bond acceptors (Lipinski definition) is 4. The van der Waals surface area contributed by atoms with Crippen LogP contribution in [0.25, 0.3) is 0 Å². The normalized spacial score (nSPS) is 12.4. The zero-order chi connectivity index (χ0) is 16.0. The third-order valence-electron chi connectivity index (χ3n) is 2.47. The lowest BCUT2D eigenvalue weighted by atomic mass is 10.2. The average Bonchev–Trinajstić information content (AvgIpc) is 2.34. The number of ether oxygens (including phenoxy) is 1. The smallest absolute Gasteiger partial charge is 0.407 e. The molecule has 0 saturated heterocycles. The molecule has 6 nitrogen and oxygen atoms in total. The summed E-state index contributed by atoms with van der Waals surface area (Å²) in [5.74, 6) is -0.974. The predicted molar refractivity (Wildman–Crippen MR) is 80.7 cm³/mol. The molecule has 1 unspecified atom stereocenters. The SMILES string of the molecule is CC(CNC(=O)OC(C)(C)C)Nc1cccc(C(=O)O)c1. The predicted octanol–water partition coefficient (Wildman–Crippen LogP) is 2.71. The van der Waals surface area contributed by atoms with E-state index in [4.69, 9.17) is 9.84 Å². The van der Waals surface area contributed by atoms with E-state index in [2.05, 4.69) is 10.6 Å². The topological polar surface area (TPSA) is 87.7 Å². The van der Waals surface area contributed by atoms with Gasteiger partial charge in [0.1, 0.15) is 5.60 Å². The molecule has 1 atom stereocenters. The van der Waals surface area contributed by atoms with E-state index in [9.17, 15) is 9.59 Å². The van der Waals surface area contributed by atoms with Gasteiger partial charge in [0.15, 0.2) is 0 Å². The van der Waals surface area contributed by atoms with Gasteiger partial charge in [0.2, 0.25) is 0 Å². The highest BCUT2D eigenvalue weighted by Gasteiger charge is 2.16. The number of hydrogen-bond donors (Lipinski definition) is 3. The lowest BCUT2D eigenvalue weighted by Crippen LogP contribution is -2.38. The van der Waals surface area contributed by atoms with E-state index in [1.54, 1.807) is 39.0 Å². The van der Waals surface area contributed by atoms with Crippen LogP contribution in [0.1, 0.15) is 38.1 Å². The number of amides is 1. The first-order chi connectivity index (χ1) is 9.67. The van der Waals surface area contributed by atoms with E-state index in [0.29, 0.717) is 12.2 Å². The second kappa shape index (κ2) is 6.97. The number of carboxylic acids is 1. The van der Waals surface area contributed by atoms with Gasteiger partial charge in [0, 0.05) is 18.3 Å². The number of anilines is 1. The van der Waals surface area contributed by atoms with E-state index in [1.165, 1.54) is 6.07 Å². The van der Waals surface area contributed by atoms with Crippen LogP contribution < -0.4 is 10.6 Å². The molecule has 3 N–H and O–H groups in total. The van der Waals surface area contributed by atoms with Crippen molar-refractivity contribution in [1.29, 1.82) is 0 Å². The van der Waals surface area contributed by atoms with Gasteiger partial charge >= 0.3 is 12.1 Å². The Morgan fingerprint density at radius 2 is 2.00 bits per heavy atom. The maximum absolute atomic E-state index is 11.5. The maximum atomic E-state index is 11.5. The van der Waals surface area contributed by atoms with Crippen molar-refractivity contribution in [3.05, 3.63) is 29.8 Å². The Hall–Kier alpha value is -2.24. The first kappa shape index (κ1) is 16.8. The molecular weight excluding hydrogens is 272 g/mol. The summed E-state index contributed by atoms with van der Waals surface area (Å²) in [7, 11) is 0. The third kappa shape index (κ3) is 6.65. The van der Waals surface area contributed by atoms with E-state index in [-0.39, 0.29) is 11.6 Å². The van der Waals surface area contributed by atoms with Crippen molar-refractivity contribution in [2.24, 2.45) is 0 Å². The van der Waals surface area contributed by atoms with Crippen LogP contribution in [0.3, 0.4) is 0 Å². The van der Waals surface area contributed by atoms with Crippen molar-refractivity contribution in [1.82, 2.24) is 5.32 Å². The van der Waals surface area contributed by atoms with Gasteiger partial charge in [-0.05, 0) is 45.9 Å². The number of rotatable bonds is 5. The van der Waals surface area contributed by atoms with Crippen LogP contribution >= 0.6 is 0 Å². The standard InChI is InChI=1S/C15H22N2O4/c1-10(9-16-14(20)21-15(2,3)4)17-12-7-5-6-11(8-12)13(18)19/h5-8,10,17H,9H2,1-4H3,(H,16,20)(H,18,19). The highest BCUT2D eigenvalue weighted by atomic mass is 16.6. The van der Waals surface area contributed by atoms with Gasteiger partial charge < -0.3 is 20.5 Å². The highest BCUT2D eigenvalue weighted by Crippen LogP contribution is 2.12. The first-order valence-corrected chi connectivity index (χ1v) is 6.74. The van der Waals surface area contributed by atoms with Crippen LogP contribution in [-0.4, -0.2) is 35.4 Å². The van der Waals surface area contributed by atoms with Crippen molar-refractivity contribution < 1.29 is 19.4 Å². The number of carbonyl (C=O) groups is 2. The summed E-state index contributed by atoms with van der Waals surface area (Å²) in [6.07, 6.45) is -0.476. The minimum Gasteiger partial charge on any atom is -0.478 e. The van der Waals surface area contributed by atoms with Gasteiger partial charge in [-0.1, -0.05) is 6.07 Å².